The number of carbonyl (C=O) groups is 1. The molecule has 0 aromatic rings. The van der Waals surface area contributed by atoms with E-state index in [1.54, 1.807) is 0 Å². The van der Waals surface area contributed by atoms with Crippen molar-refractivity contribution in [3.63, 3.8) is 0 Å². The number of rotatable bonds is 6. The van der Waals surface area contributed by atoms with Gasteiger partial charge in [0.25, 0.3) is 0 Å². The smallest absolute Gasteiger partial charge is 0.237 e. The second kappa shape index (κ2) is 5.80. The minimum atomic E-state index is 0.0536. The highest BCUT2D eigenvalue weighted by Crippen LogP contribution is 2.23. The lowest BCUT2D eigenvalue weighted by atomic mass is 9.95. The molecule has 3 aliphatic rings. The van der Waals surface area contributed by atoms with E-state index in [2.05, 4.69) is 22.5 Å². The Morgan fingerprint density at radius 2 is 1.74 bits per heavy atom. The fraction of sp³-hybridized carbons (Fsp3) is 0.933. The quantitative estimate of drug-likeness (QED) is 0.756. The molecule has 0 radical (unpaired) electrons. The zero-order chi connectivity index (χ0) is 13.2. The SMILES string of the molecule is CC(C(=O)NC1CC1)N1CCC(CNC2CC2)CC1. The third-order valence-corrected chi connectivity index (χ3v) is 4.77. The van der Waals surface area contributed by atoms with Crippen molar-refractivity contribution in [1.29, 1.82) is 0 Å². The van der Waals surface area contributed by atoms with Crippen molar-refractivity contribution in [2.45, 2.75) is 63.6 Å². The third-order valence-electron chi connectivity index (χ3n) is 4.77. The standard InChI is InChI=1S/C15H27N3O/c1-11(15(19)17-14-4-5-14)18-8-6-12(7-9-18)10-16-13-2-3-13/h11-14,16H,2-10H2,1H3,(H,17,19). The minimum absolute atomic E-state index is 0.0536. The molecular weight excluding hydrogens is 238 g/mol. The number of nitrogens with zero attached hydrogens (tertiary/aromatic N) is 1. The first-order chi connectivity index (χ1) is 9.22. The number of carbonyl (C=O) groups excluding carboxylic acids is 1. The summed E-state index contributed by atoms with van der Waals surface area (Å²) in [7, 11) is 0. The fourth-order valence-corrected chi connectivity index (χ4v) is 2.88. The van der Waals surface area contributed by atoms with E-state index in [0.717, 1.165) is 25.0 Å². The molecule has 1 amide bonds. The number of piperidine rings is 1. The Morgan fingerprint density at radius 3 is 2.32 bits per heavy atom. The number of likely N-dealkylation sites (tertiary alicyclic amines) is 1. The van der Waals surface area contributed by atoms with Crippen molar-refractivity contribution < 1.29 is 4.79 Å². The van der Waals surface area contributed by atoms with Crippen molar-refractivity contribution in [3.8, 4) is 0 Å². The van der Waals surface area contributed by atoms with Gasteiger partial charge in [0.1, 0.15) is 0 Å². The molecule has 4 nitrogen and oxygen atoms in total. The Bertz CT molecular complexity index is 317. The molecule has 1 atom stereocenters. The molecular formula is C15H27N3O. The van der Waals surface area contributed by atoms with Gasteiger partial charge in [0.05, 0.1) is 6.04 Å². The van der Waals surface area contributed by atoms with E-state index in [-0.39, 0.29) is 11.9 Å². The molecule has 0 aromatic carbocycles. The van der Waals surface area contributed by atoms with E-state index in [1.165, 1.54) is 45.1 Å². The Kier molecular flexibility index (Phi) is 4.08. The molecule has 1 saturated heterocycles. The number of nitrogens with one attached hydrogen (secondary N) is 2. The molecule has 2 aliphatic carbocycles. The molecule has 0 spiro atoms. The van der Waals surface area contributed by atoms with Crippen LogP contribution in [0.15, 0.2) is 0 Å². The summed E-state index contributed by atoms with van der Waals surface area (Å²) in [5.74, 6) is 1.05. The molecule has 0 bridgehead atoms. The normalized spacial score (nSPS) is 27.2. The maximum absolute atomic E-state index is 12.0. The van der Waals surface area contributed by atoms with Crippen LogP contribution in [-0.4, -0.2) is 48.6 Å². The second-order valence-corrected chi connectivity index (χ2v) is 6.62. The lowest BCUT2D eigenvalue weighted by molar-refractivity contribution is -0.126. The molecule has 3 rings (SSSR count). The number of hydrogen-bond acceptors (Lipinski definition) is 3. The van der Waals surface area contributed by atoms with Crippen LogP contribution in [0.3, 0.4) is 0 Å². The summed E-state index contributed by atoms with van der Waals surface area (Å²) in [5, 5.41) is 6.75. The molecule has 19 heavy (non-hydrogen) atoms. The molecule has 1 heterocycles. The van der Waals surface area contributed by atoms with E-state index >= 15 is 0 Å². The van der Waals surface area contributed by atoms with E-state index in [1.807, 2.05) is 0 Å². The van der Waals surface area contributed by atoms with E-state index in [0.29, 0.717) is 6.04 Å². The van der Waals surface area contributed by atoms with Gasteiger partial charge in [-0.05, 0) is 71.0 Å². The zero-order valence-corrected chi connectivity index (χ0v) is 12.0. The van der Waals surface area contributed by atoms with Gasteiger partial charge in [-0.15, -0.1) is 0 Å². The molecule has 2 saturated carbocycles. The summed E-state index contributed by atoms with van der Waals surface area (Å²) >= 11 is 0. The number of hydrogen-bond donors (Lipinski definition) is 2. The molecule has 1 aliphatic heterocycles. The van der Waals surface area contributed by atoms with Crippen LogP contribution in [0.5, 0.6) is 0 Å². The molecule has 3 fully saturated rings. The number of amides is 1. The molecule has 4 heteroatoms. The third kappa shape index (κ3) is 3.93. The predicted octanol–water partition coefficient (Wildman–Crippen LogP) is 1.12. The van der Waals surface area contributed by atoms with E-state index < -0.39 is 0 Å². The first kappa shape index (κ1) is 13.4. The van der Waals surface area contributed by atoms with Crippen LogP contribution >= 0.6 is 0 Å². The topological polar surface area (TPSA) is 44.4 Å². The highest BCUT2D eigenvalue weighted by molar-refractivity contribution is 5.81. The van der Waals surface area contributed by atoms with Crippen molar-refractivity contribution >= 4 is 5.91 Å². The molecule has 2 N–H and O–H groups in total. The van der Waals surface area contributed by atoms with Gasteiger partial charge in [0.2, 0.25) is 5.91 Å². The molecule has 0 aromatic heterocycles. The molecule has 108 valence electrons. The predicted molar refractivity (Wildman–Crippen MR) is 75.9 cm³/mol. The maximum Gasteiger partial charge on any atom is 0.237 e. The molecule has 1 unspecified atom stereocenters. The first-order valence-corrected chi connectivity index (χ1v) is 8.00. The van der Waals surface area contributed by atoms with Gasteiger partial charge in [-0.3, -0.25) is 9.69 Å². The van der Waals surface area contributed by atoms with Gasteiger partial charge in [0, 0.05) is 12.1 Å². The van der Waals surface area contributed by atoms with Crippen molar-refractivity contribution in [2.75, 3.05) is 19.6 Å². The highest BCUT2D eigenvalue weighted by Gasteiger charge is 2.30. The van der Waals surface area contributed by atoms with Crippen molar-refractivity contribution in [1.82, 2.24) is 15.5 Å². The minimum Gasteiger partial charge on any atom is -0.352 e. The Balaban J connectivity index is 1.36. The summed E-state index contributed by atoms with van der Waals surface area (Å²) in [5.41, 5.74) is 0. The van der Waals surface area contributed by atoms with Gasteiger partial charge in [-0.25, -0.2) is 0 Å². The summed E-state index contributed by atoms with van der Waals surface area (Å²) in [6.45, 7) is 5.40. The average molecular weight is 265 g/mol. The van der Waals surface area contributed by atoms with E-state index in [4.69, 9.17) is 0 Å². The maximum atomic E-state index is 12.0. The summed E-state index contributed by atoms with van der Waals surface area (Å²) < 4.78 is 0. The van der Waals surface area contributed by atoms with Gasteiger partial charge >= 0.3 is 0 Å². The monoisotopic (exact) mass is 265 g/mol. The van der Waals surface area contributed by atoms with Crippen LogP contribution in [0.1, 0.15) is 45.4 Å². The summed E-state index contributed by atoms with van der Waals surface area (Å²) in [4.78, 5) is 14.4. The van der Waals surface area contributed by atoms with Gasteiger partial charge in [-0.1, -0.05) is 0 Å². The largest absolute Gasteiger partial charge is 0.352 e. The summed E-state index contributed by atoms with van der Waals surface area (Å²) in [6, 6.07) is 1.36. The zero-order valence-electron chi connectivity index (χ0n) is 12.0. The lowest BCUT2D eigenvalue weighted by Gasteiger charge is -2.35. The van der Waals surface area contributed by atoms with Gasteiger partial charge in [-0.2, -0.15) is 0 Å². The van der Waals surface area contributed by atoms with Crippen LogP contribution in [0.25, 0.3) is 0 Å². The van der Waals surface area contributed by atoms with Crippen LogP contribution in [-0.2, 0) is 4.79 Å². The van der Waals surface area contributed by atoms with Crippen LogP contribution in [0.4, 0.5) is 0 Å². The van der Waals surface area contributed by atoms with Gasteiger partial charge < -0.3 is 10.6 Å². The second-order valence-electron chi connectivity index (χ2n) is 6.62. The van der Waals surface area contributed by atoms with Gasteiger partial charge in [0.15, 0.2) is 0 Å². The van der Waals surface area contributed by atoms with Crippen molar-refractivity contribution in [2.24, 2.45) is 5.92 Å². The highest BCUT2D eigenvalue weighted by atomic mass is 16.2. The van der Waals surface area contributed by atoms with Crippen LogP contribution in [0.2, 0.25) is 0 Å². The lowest BCUT2D eigenvalue weighted by Crippen LogP contribution is -2.49. The average Bonchev–Trinajstić information content (AvgIpc) is 3.30. The van der Waals surface area contributed by atoms with Crippen LogP contribution in [0, 0.1) is 5.92 Å². The fourth-order valence-electron chi connectivity index (χ4n) is 2.88. The van der Waals surface area contributed by atoms with Crippen LogP contribution < -0.4 is 10.6 Å². The Hall–Kier alpha value is -0.610. The van der Waals surface area contributed by atoms with E-state index in [9.17, 15) is 4.79 Å². The Labute approximate surface area is 116 Å². The Morgan fingerprint density at radius 1 is 1.11 bits per heavy atom. The summed E-state index contributed by atoms with van der Waals surface area (Å²) in [6.07, 6.45) is 7.57. The van der Waals surface area contributed by atoms with Crippen molar-refractivity contribution in [3.05, 3.63) is 0 Å². The first-order valence-electron chi connectivity index (χ1n) is 8.00.